The molecule has 7 heteroatoms. The molecule has 3 rings (SSSR count). The van der Waals surface area contributed by atoms with Crippen molar-refractivity contribution in [1.82, 2.24) is 4.90 Å². The largest absolute Gasteiger partial charge is 0.368 e. The second kappa shape index (κ2) is 9.08. The first-order chi connectivity index (χ1) is 14.2. The molecule has 0 bridgehead atoms. The van der Waals surface area contributed by atoms with Gasteiger partial charge < -0.3 is 9.80 Å². The molecule has 1 saturated heterocycles. The summed E-state index contributed by atoms with van der Waals surface area (Å²) in [4.78, 5) is 17.5. The van der Waals surface area contributed by atoms with Crippen molar-refractivity contribution < 1.29 is 13.2 Å². The highest BCUT2D eigenvalue weighted by atomic mass is 32.2. The normalized spacial score (nSPS) is 15.7. The number of aryl methyl sites for hydroxylation is 1. The van der Waals surface area contributed by atoms with Crippen LogP contribution in [-0.2, 0) is 14.8 Å². The summed E-state index contributed by atoms with van der Waals surface area (Å²) in [6, 6.07) is 14.4. The molecular formula is C23H31N3O3S. The Morgan fingerprint density at radius 2 is 1.63 bits per heavy atom. The first kappa shape index (κ1) is 22.2. The summed E-state index contributed by atoms with van der Waals surface area (Å²) in [5.74, 6) is -0.132. The molecule has 0 N–H and O–H groups in total. The topological polar surface area (TPSA) is 60.9 Å². The van der Waals surface area contributed by atoms with E-state index in [1.54, 1.807) is 29.2 Å². The minimum absolute atomic E-state index is 0.132. The molecule has 1 atom stereocenters. The fourth-order valence-corrected chi connectivity index (χ4v) is 5.28. The molecule has 0 saturated carbocycles. The van der Waals surface area contributed by atoms with Crippen LogP contribution in [0.3, 0.4) is 0 Å². The van der Waals surface area contributed by atoms with E-state index in [1.807, 2.05) is 13.0 Å². The van der Waals surface area contributed by atoms with Crippen molar-refractivity contribution in [3.05, 3.63) is 59.7 Å². The number of piperazine rings is 1. The molecule has 2 aromatic carbocycles. The zero-order valence-corrected chi connectivity index (χ0v) is 19.0. The third-order valence-corrected chi connectivity index (χ3v) is 7.01. The zero-order valence-electron chi connectivity index (χ0n) is 18.2. The molecule has 2 aromatic rings. The maximum absolute atomic E-state index is 13.4. The Morgan fingerprint density at radius 3 is 2.20 bits per heavy atom. The summed E-state index contributed by atoms with van der Waals surface area (Å²) < 4.78 is 26.4. The molecule has 1 aliphatic rings. The Morgan fingerprint density at radius 1 is 1.00 bits per heavy atom. The molecule has 30 heavy (non-hydrogen) atoms. The number of carbonyl (C=O) groups is 1. The molecule has 162 valence electrons. The van der Waals surface area contributed by atoms with E-state index in [-0.39, 0.29) is 5.91 Å². The molecule has 0 radical (unpaired) electrons. The van der Waals surface area contributed by atoms with E-state index in [1.165, 1.54) is 21.1 Å². The predicted octanol–water partition coefficient (Wildman–Crippen LogP) is 3.20. The molecule has 0 aromatic heterocycles. The fraction of sp³-hybridized carbons (Fsp3) is 0.435. The summed E-state index contributed by atoms with van der Waals surface area (Å²) in [7, 11) is -3.60. The number of rotatable bonds is 6. The van der Waals surface area contributed by atoms with Gasteiger partial charge in [-0.05, 0) is 49.6 Å². The zero-order chi connectivity index (χ0) is 21.9. The smallest absolute Gasteiger partial charge is 0.246 e. The van der Waals surface area contributed by atoms with Crippen LogP contribution in [-0.4, -0.2) is 57.7 Å². The van der Waals surface area contributed by atoms with Crippen LogP contribution in [0.1, 0.15) is 24.5 Å². The van der Waals surface area contributed by atoms with E-state index >= 15 is 0 Å². The number of para-hydroxylation sites is 1. The minimum Gasteiger partial charge on any atom is -0.368 e. The third kappa shape index (κ3) is 4.61. The van der Waals surface area contributed by atoms with Crippen LogP contribution >= 0.6 is 0 Å². The number of sulfonamides is 1. The van der Waals surface area contributed by atoms with Crippen molar-refractivity contribution in [2.24, 2.45) is 0 Å². The van der Waals surface area contributed by atoms with E-state index in [0.29, 0.717) is 25.2 Å². The lowest BCUT2D eigenvalue weighted by molar-refractivity contribution is -0.132. The quantitative estimate of drug-likeness (QED) is 0.708. The molecule has 0 spiro atoms. The second-order valence-corrected chi connectivity index (χ2v) is 9.71. The van der Waals surface area contributed by atoms with Gasteiger partial charge in [-0.3, -0.25) is 9.10 Å². The van der Waals surface area contributed by atoms with E-state index < -0.39 is 16.1 Å². The van der Waals surface area contributed by atoms with Crippen LogP contribution in [0.5, 0.6) is 0 Å². The van der Waals surface area contributed by atoms with Gasteiger partial charge in [0.2, 0.25) is 15.9 Å². The van der Waals surface area contributed by atoms with Gasteiger partial charge in [0, 0.05) is 31.9 Å². The van der Waals surface area contributed by atoms with Gasteiger partial charge in [0.05, 0.1) is 11.9 Å². The first-order valence-corrected chi connectivity index (χ1v) is 12.2. The summed E-state index contributed by atoms with van der Waals surface area (Å²) in [5, 5.41) is 0. The van der Waals surface area contributed by atoms with Crippen LogP contribution in [0.15, 0.2) is 48.5 Å². The Hall–Kier alpha value is -2.54. The third-order valence-electron chi connectivity index (χ3n) is 5.83. The fourth-order valence-electron chi connectivity index (χ4n) is 4.07. The maximum Gasteiger partial charge on any atom is 0.246 e. The van der Waals surface area contributed by atoms with E-state index in [9.17, 15) is 13.2 Å². The Bertz CT molecular complexity index is 984. The van der Waals surface area contributed by atoms with Crippen molar-refractivity contribution >= 4 is 27.3 Å². The molecule has 0 aliphatic carbocycles. The molecule has 6 nitrogen and oxygen atoms in total. The average Bonchev–Trinajstić information content (AvgIpc) is 2.73. The summed E-state index contributed by atoms with van der Waals surface area (Å²) in [6.45, 7) is 8.71. The number of benzene rings is 2. The molecule has 1 amide bonds. The lowest BCUT2D eigenvalue weighted by Gasteiger charge is -2.40. The van der Waals surface area contributed by atoms with Crippen LogP contribution in [0.25, 0.3) is 0 Å². The second-order valence-electron chi connectivity index (χ2n) is 7.85. The highest BCUT2D eigenvalue weighted by Gasteiger charge is 2.35. The van der Waals surface area contributed by atoms with Crippen molar-refractivity contribution in [2.75, 3.05) is 41.6 Å². The number of anilines is 2. The van der Waals surface area contributed by atoms with Crippen LogP contribution < -0.4 is 9.21 Å². The molecule has 1 fully saturated rings. The summed E-state index contributed by atoms with van der Waals surface area (Å²) in [6.07, 6.45) is 1.58. The lowest BCUT2D eigenvalue weighted by atomic mass is 10.1. The number of hydrogen-bond acceptors (Lipinski definition) is 4. The van der Waals surface area contributed by atoms with Gasteiger partial charge in [0.25, 0.3) is 0 Å². The molecule has 1 unspecified atom stereocenters. The monoisotopic (exact) mass is 429 g/mol. The highest BCUT2D eigenvalue weighted by Crippen LogP contribution is 2.26. The van der Waals surface area contributed by atoms with Gasteiger partial charge in [0.15, 0.2) is 0 Å². The van der Waals surface area contributed by atoms with Gasteiger partial charge in [-0.1, -0.05) is 37.3 Å². The Labute approximate surface area is 180 Å². The van der Waals surface area contributed by atoms with Crippen molar-refractivity contribution in [3.8, 4) is 0 Å². The Kier molecular flexibility index (Phi) is 6.71. The van der Waals surface area contributed by atoms with Crippen molar-refractivity contribution in [1.29, 1.82) is 0 Å². The highest BCUT2D eigenvalue weighted by molar-refractivity contribution is 7.92. The summed E-state index contributed by atoms with van der Waals surface area (Å²) >= 11 is 0. The van der Waals surface area contributed by atoms with Gasteiger partial charge in [-0.25, -0.2) is 8.42 Å². The van der Waals surface area contributed by atoms with Crippen molar-refractivity contribution in [3.63, 3.8) is 0 Å². The number of hydrogen-bond donors (Lipinski definition) is 0. The standard InChI is InChI=1S/C23H31N3O3S/c1-5-21(26(30(4,28)29)20-11-7-6-8-12-20)23(27)25-16-14-24(15-17-25)22-13-9-10-18(2)19(22)3/h6-13,21H,5,14-17H2,1-4H3. The molecular weight excluding hydrogens is 398 g/mol. The molecule has 1 aliphatic heterocycles. The van der Waals surface area contributed by atoms with E-state index in [2.05, 4.69) is 36.9 Å². The molecule has 1 heterocycles. The SMILES string of the molecule is CCC(C(=O)N1CCN(c2cccc(C)c2C)CC1)N(c1ccccc1)S(C)(=O)=O. The van der Waals surface area contributed by atoms with Crippen LogP contribution in [0.4, 0.5) is 11.4 Å². The van der Waals surface area contributed by atoms with Gasteiger partial charge in [-0.15, -0.1) is 0 Å². The van der Waals surface area contributed by atoms with Crippen LogP contribution in [0.2, 0.25) is 0 Å². The first-order valence-electron chi connectivity index (χ1n) is 10.4. The van der Waals surface area contributed by atoms with Gasteiger partial charge >= 0.3 is 0 Å². The van der Waals surface area contributed by atoms with Crippen LogP contribution in [0, 0.1) is 13.8 Å². The predicted molar refractivity (Wildman–Crippen MR) is 123 cm³/mol. The maximum atomic E-state index is 13.4. The minimum atomic E-state index is -3.60. The van der Waals surface area contributed by atoms with E-state index in [4.69, 9.17) is 0 Å². The lowest BCUT2D eigenvalue weighted by Crippen LogP contribution is -2.56. The van der Waals surface area contributed by atoms with E-state index in [0.717, 1.165) is 19.3 Å². The number of nitrogens with zero attached hydrogens (tertiary/aromatic N) is 3. The van der Waals surface area contributed by atoms with Crippen molar-refractivity contribution in [2.45, 2.75) is 33.2 Å². The Balaban J connectivity index is 1.77. The van der Waals surface area contributed by atoms with Gasteiger partial charge in [-0.2, -0.15) is 0 Å². The summed E-state index contributed by atoms with van der Waals surface area (Å²) in [5.41, 5.74) is 4.24. The number of amides is 1. The van der Waals surface area contributed by atoms with Gasteiger partial charge in [0.1, 0.15) is 6.04 Å². The average molecular weight is 430 g/mol. The number of carbonyl (C=O) groups excluding carboxylic acids is 1.